The fourth-order valence-corrected chi connectivity index (χ4v) is 2.52. The fraction of sp³-hybridized carbons (Fsp3) is 0.312. The smallest absolute Gasteiger partial charge is 0.0404 e. The summed E-state index contributed by atoms with van der Waals surface area (Å²) in [6.45, 7) is 6.65. The lowest BCUT2D eigenvalue weighted by Gasteiger charge is -2.18. The molecule has 0 N–H and O–H groups in total. The summed E-state index contributed by atoms with van der Waals surface area (Å²) in [5, 5.41) is 0. The average molecular weight is 257 g/mol. The standard InChI is InChI=1S/C16H19NS/c1-16(2,3)14-9-15(11-17-10-14)18-12-13-7-5-4-6-8-13/h4-11H,12H2,1-3H3. The molecule has 0 aliphatic carbocycles. The number of hydrogen-bond acceptors (Lipinski definition) is 2. The van der Waals surface area contributed by atoms with E-state index in [9.17, 15) is 0 Å². The summed E-state index contributed by atoms with van der Waals surface area (Å²) < 4.78 is 0. The molecular formula is C16H19NS. The van der Waals surface area contributed by atoms with Crippen LogP contribution in [0, 0.1) is 0 Å². The molecule has 0 aliphatic rings. The van der Waals surface area contributed by atoms with Gasteiger partial charge in [-0.1, -0.05) is 51.1 Å². The summed E-state index contributed by atoms with van der Waals surface area (Å²) in [6, 6.07) is 12.8. The van der Waals surface area contributed by atoms with Gasteiger partial charge < -0.3 is 0 Å². The zero-order valence-electron chi connectivity index (χ0n) is 11.2. The van der Waals surface area contributed by atoms with Crippen LogP contribution in [0.4, 0.5) is 0 Å². The predicted molar refractivity (Wildman–Crippen MR) is 78.9 cm³/mol. The highest BCUT2D eigenvalue weighted by molar-refractivity contribution is 7.98. The van der Waals surface area contributed by atoms with E-state index in [1.807, 2.05) is 24.2 Å². The van der Waals surface area contributed by atoms with Crippen LogP contribution in [-0.4, -0.2) is 4.98 Å². The van der Waals surface area contributed by atoms with Gasteiger partial charge in [-0.25, -0.2) is 0 Å². The maximum Gasteiger partial charge on any atom is 0.0404 e. The van der Waals surface area contributed by atoms with Crippen molar-refractivity contribution in [2.24, 2.45) is 0 Å². The van der Waals surface area contributed by atoms with Crippen molar-refractivity contribution in [3.05, 3.63) is 59.9 Å². The molecule has 0 radical (unpaired) electrons. The van der Waals surface area contributed by atoms with Gasteiger partial charge in [0.15, 0.2) is 0 Å². The molecule has 0 unspecified atom stereocenters. The van der Waals surface area contributed by atoms with Gasteiger partial charge in [-0.15, -0.1) is 11.8 Å². The van der Waals surface area contributed by atoms with Crippen LogP contribution >= 0.6 is 11.8 Å². The Morgan fingerprint density at radius 3 is 2.44 bits per heavy atom. The van der Waals surface area contributed by atoms with Gasteiger partial charge in [0.05, 0.1) is 0 Å². The quantitative estimate of drug-likeness (QED) is 0.741. The van der Waals surface area contributed by atoms with Crippen LogP contribution in [0.2, 0.25) is 0 Å². The maximum atomic E-state index is 4.34. The van der Waals surface area contributed by atoms with Crippen LogP contribution in [0.1, 0.15) is 31.9 Å². The highest BCUT2D eigenvalue weighted by atomic mass is 32.2. The van der Waals surface area contributed by atoms with E-state index in [2.05, 4.69) is 62.2 Å². The van der Waals surface area contributed by atoms with E-state index in [4.69, 9.17) is 0 Å². The van der Waals surface area contributed by atoms with Gasteiger partial charge >= 0.3 is 0 Å². The highest BCUT2D eigenvalue weighted by Crippen LogP contribution is 2.27. The molecule has 0 fully saturated rings. The second kappa shape index (κ2) is 5.57. The normalized spacial score (nSPS) is 11.5. The largest absolute Gasteiger partial charge is 0.263 e. The van der Waals surface area contributed by atoms with Crippen molar-refractivity contribution >= 4 is 11.8 Å². The second-order valence-electron chi connectivity index (χ2n) is 5.43. The van der Waals surface area contributed by atoms with E-state index >= 15 is 0 Å². The lowest BCUT2D eigenvalue weighted by atomic mass is 9.88. The van der Waals surface area contributed by atoms with Crippen molar-refractivity contribution in [2.75, 3.05) is 0 Å². The van der Waals surface area contributed by atoms with E-state index in [1.165, 1.54) is 16.0 Å². The minimum Gasteiger partial charge on any atom is -0.263 e. The van der Waals surface area contributed by atoms with Crippen molar-refractivity contribution in [1.29, 1.82) is 0 Å². The van der Waals surface area contributed by atoms with Gasteiger partial charge in [-0.2, -0.15) is 0 Å². The Balaban J connectivity index is 2.06. The molecule has 2 heteroatoms. The van der Waals surface area contributed by atoms with Crippen molar-refractivity contribution in [2.45, 2.75) is 36.8 Å². The Bertz CT molecular complexity index is 500. The van der Waals surface area contributed by atoms with Crippen LogP contribution in [0.5, 0.6) is 0 Å². The molecule has 2 aromatic rings. The molecule has 0 bridgehead atoms. The van der Waals surface area contributed by atoms with Gasteiger partial charge in [-0.05, 0) is 22.6 Å². The molecule has 1 aromatic heterocycles. The average Bonchev–Trinajstić information content (AvgIpc) is 2.37. The molecule has 0 amide bonds. The van der Waals surface area contributed by atoms with Gasteiger partial charge in [0.2, 0.25) is 0 Å². The first-order valence-electron chi connectivity index (χ1n) is 6.18. The van der Waals surface area contributed by atoms with Gasteiger partial charge in [0.1, 0.15) is 0 Å². The van der Waals surface area contributed by atoms with E-state index in [0.29, 0.717) is 0 Å². The van der Waals surface area contributed by atoms with E-state index in [-0.39, 0.29) is 5.41 Å². The van der Waals surface area contributed by atoms with Crippen LogP contribution in [-0.2, 0) is 11.2 Å². The van der Waals surface area contributed by atoms with E-state index in [1.54, 1.807) is 0 Å². The highest BCUT2D eigenvalue weighted by Gasteiger charge is 2.14. The second-order valence-corrected chi connectivity index (χ2v) is 6.48. The first-order valence-corrected chi connectivity index (χ1v) is 7.16. The molecule has 94 valence electrons. The van der Waals surface area contributed by atoms with Crippen molar-refractivity contribution in [3.8, 4) is 0 Å². The summed E-state index contributed by atoms with van der Waals surface area (Å²) in [5.41, 5.74) is 2.81. The van der Waals surface area contributed by atoms with Crippen LogP contribution < -0.4 is 0 Å². The first kappa shape index (κ1) is 13.2. The molecule has 0 saturated heterocycles. The molecular weight excluding hydrogens is 238 g/mol. The minimum absolute atomic E-state index is 0.163. The molecule has 0 aliphatic heterocycles. The molecule has 18 heavy (non-hydrogen) atoms. The maximum absolute atomic E-state index is 4.34. The Kier molecular flexibility index (Phi) is 4.07. The first-order chi connectivity index (χ1) is 8.55. The van der Waals surface area contributed by atoms with Crippen LogP contribution in [0.25, 0.3) is 0 Å². The number of hydrogen-bond donors (Lipinski definition) is 0. The number of pyridine rings is 1. The SMILES string of the molecule is CC(C)(C)c1cncc(SCc2ccccc2)c1. The Hall–Kier alpha value is -1.28. The third-order valence-electron chi connectivity index (χ3n) is 2.83. The van der Waals surface area contributed by atoms with Gasteiger partial charge in [0, 0.05) is 23.0 Å². The molecule has 0 atom stereocenters. The summed E-state index contributed by atoms with van der Waals surface area (Å²) in [4.78, 5) is 5.58. The summed E-state index contributed by atoms with van der Waals surface area (Å²) in [6.07, 6.45) is 3.91. The summed E-state index contributed by atoms with van der Waals surface area (Å²) >= 11 is 1.84. The van der Waals surface area contributed by atoms with E-state index < -0.39 is 0 Å². The number of thioether (sulfide) groups is 1. The summed E-state index contributed by atoms with van der Waals surface area (Å²) in [7, 11) is 0. The van der Waals surface area contributed by atoms with E-state index in [0.717, 1.165) is 5.75 Å². The van der Waals surface area contributed by atoms with Gasteiger partial charge in [0.25, 0.3) is 0 Å². The lowest BCUT2D eigenvalue weighted by molar-refractivity contribution is 0.585. The van der Waals surface area contributed by atoms with Gasteiger partial charge in [-0.3, -0.25) is 4.98 Å². The zero-order valence-corrected chi connectivity index (χ0v) is 12.0. The fourth-order valence-electron chi connectivity index (χ4n) is 1.65. The third kappa shape index (κ3) is 3.61. The molecule has 1 nitrogen and oxygen atoms in total. The molecule has 1 aromatic carbocycles. The number of aromatic nitrogens is 1. The number of benzene rings is 1. The van der Waals surface area contributed by atoms with Crippen molar-refractivity contribution in [1.82, 2.24) is 4.98 Å². The molecule has 0 spiro atoms. The van der Waals surface area contributed by atoms with Crippen molar-refractivity contribution < 1.29 is 0 Å². The Morgan fingerprint density at radius 2 is 1.78 bits per heavy atom. The third-order valence-corrected chi connectivity index (χ3v) is 3.86. The Labute approximate surface area is 114 Å². The molecule has 2 rings (SSSR count). The molecule has 0 saturated carbocycles. The topological polar surface area (TPSA) is 12.9 Å². The zero-order chi connectivity index (χ0) is 13.0. The van der Waals surface area contributed by atoms with Crippen LogP contribution in [0.15, 0.2) is 53.7 Å². The summed E-state index contributed by atoms with van der Waals surface area (Å²) in [5.74, 6) is 0.996. The van der Waals surface area contributed by atoms with Crippen LogP contribution in [0.3, 0.4) is 0 Å². The number of nitrogens with zero attached hydrogens (tertiary/aromatic N) is 1. The minimum atomic E-state index is 0.163. The Morgan fingerprint density at radius 1 is 1.06 bits per heavy atom. The number of rotatable bonds is 3. The van der Waals surface area contributed by atoms with Crippen molar-refractivity contribution in [3.63, 3.8) is 0 Å². The molecule has 1 heterocycles. The predicted octanol–water partition coefficient (Wildman–Crippen LogP) is 4.67. The monoisotopic (exact) mass is 257 g/mol. The lowest BCUT2D eigenvalue weighted by Crippen LogP contribution is -2.11.